The topological polar surface area (TPSA) is 53.6 Å². The Bertz CT molecular complexity index is 228. The van der Waals surface area contributed by atoms with E-state index in [0.717, 1.165) is 52.4 Å². The average molecular weight is 257 g/mol. The van der Waals surface area contributed by atoms with Crippen LogP contribution < -0.4 is 10.6 Å². The van der Waals surface area contributed by atoms with Crippen molar-refractivity contribution in [3.05, 3.63) is 0 Å². The third kappa shape index (κ3) is 7.63. The van der Waals surface area contributed by atoms with Gasteiger partial charge in [-0.15, -0.1) is 0 Å². The van der Waals surface area contributed by atoms with Crippen molar-refractivity contribution >= 4 is 5.91 Å². The fraction of sp³-hybridized carbons (Fsp3) is 0.923. The molecule has 0 unspecified atom stereocenters. The van der Waals surface area contributed by atoms with Crippen molar-refractivity contribution in [3.8, 4) is 0 Å². The molecule has 0 radical (unpaired) electrons. The van der Waals surface area contributed by atoms with Crippen LogP contribution in [0, 0.1) is 0 Å². The Balaban J connectivity index is 1.91. The molecule has 2 N–H and O–H groups in total. The van der Waals surface area contributed by atoms with Crippen LogP contribution >= 0.6 is 0 Å². The van der Waals surface area contributed by atoms with E-state index in [4.69, 9.17) is 4.74 Å². The van der Waals surface area contributed by atoms with Crippen LogP contribution in [0.4, 0.5) is 0 Å². The minimum Gasteiger partial charge on any atom is -0.379 e. The number of carbonyl (C=O) groups is 1. The number of nitrogens with zero attached hydrogens (tertiary/aromatic N) is 1. The highest BCUT2D eigenvalue weighted by molar-refractivity contribution is 5.75. The number of hydrogen-bond acceptors (Lipinski definition) is 4. The van der Waals surface area contributed by atoms with Crippen LogP contribution in [0.15, 0.2) is 0 Å². The fourth-order valence-corrected chi connectivity index (χ4v) is 1.92. The van der Waals surface area contributed by atoms with E-state index in [1.54, 1.807) is 0 Å². The molecular weight excluding hydrogens is 230 g/mol. The number of hydrogen-bond donors (Lipinski definition) is 2. The van der Waals surface area contributed by atoms with Crippen LogP contribution in [0.3, 0.4) is 0 Å². The molecule has 1 saturated heterocycles. The van der Waals surface area contributed by atoms with Crippen LogP contribution in [0.2, 0.25) is 0 Å². The molecule has 0 saturated carbocycles. The number of morpholine rings is 1. The van der Waals surface area contributed by atoms with Gasteiger partial charge < -0.3 is 15.4 Å². The molecule has 1 fully saturated rings. The average Bonchev–Trinajstić information content (AvgIpc) is 2.35. The Hall–Kier alpha value is -0.650. The maximum absolute atomic E-state index is 11.5. The van der Waals surface area contributed by atoms with E-state index in [0.29, 0.717) is 12.5 Å². The normalized spacial score (nSPS) is 17.1. The van der Waals surface area contributed by atoms with E-state index in [1.807, 2.05) is 0 Å². The molecular formula is C13H27N3O2. The van der Waals surface area contributed by atoms with Gasteiger partial charge in [0.15, 0.2) is 0 Å². The van der Waals surface area contributed by atoms with E-state index in [1.165, 1.54) is 0 Å². The van der Waals surface area contributed by atoms with Crippen LogP contribution in [0.5, 0.6) is 0 Å². The fourth-order valence-electron chi connectivity index (χ4n) is 1.92. The van der Waals surface area contributed by atoms with Crippen molar-refractivity contribution in [2.75, 3.05) is 45.9 Å². The third-order valence-corrected chi connectivity index (χ3v) is 2.98. The first-order valence-corrected chi connectivity index (χ1v) is 6.98. The van der Waals surface area contributed by atoms with Gasteiger partial charge in [-0.25, -0.2) is 0 Å². The highest BCUT2D eigenvalue weighted by atomic mass is 16.5. The first-order valence-electron chi connectivity index (χ1n) is 6.98. The molecule has 18 heavy (non-hydrogen) atoms. The molecule has 1 aliphatic rings. The van der Waals surface area contributed by atoms with Gasteiger partial charge in [-0.2, -0.15) is 0 Å². The van der Waals surface area contributed by atoms with Gasteiger partial charge in [0.1, 0.15) is 0 Å². The lowest BCUT2D eigenvalue weighted by molar-refractivity contribution is -0.121. The second-order valence-electron chi connectivity index (χ2n) is 5.02. The van der Waals surface area contributed by atoms with Crippen molar-refractivity contribution < 1.29 is 9.53 Å². The molecule has 5 nitrogen and oxygen atoms in total. The number of amides is 1. The zero-order valence-electron chi connectivity index (χ0n) is 11.7. The van der Waals surface area contributed by atoms with Gasteiger partial charge >= 0.3 is 0 Å². The summed E-state index contributed by atoms with van der Waals surface area (Å²) in [5.41, 5.74) is 0. The molecule has 5 heteroatoms. The summed E-state index contributed by atoms with van der Waals surface area (Å²) in [6.07, 6.45) is 1.58. The van der Waals surface area contributed by atoms with Gasteiger partial charge in [0, 0.05) is 38.6 Å². The lowest BCUT2D eigenvalue weighted by Gasteiger charge is -2.26. The highest BCUT2D eigenvalue weighted by Crippen LogP contribution is 1.97. The Labute approximate surface area is 110 Å². The standard InChI is InChI=1S/C13H27N3O2/c1-12(2)14-6-4-13(17)15-5-3-7-16-8-10-18-11-9-16/h12,14H,3-11H2,1-2H3,(H,15,17). The highest BCUT2D eigenvalue weighted by Gasteiger charge is 2.09. The number of rotatable bonds is 8. The lowest BCUT2D eigenvalue weighted by atomic mass is 10.3. The van der Waals surface area contributed by atoms with Crippen LogP contribution in [0.25, 0.3) is 0 Å². The SMILES string of the molecule is CC(C)NCCC(=O)NCCCN1CCOCC1. The van der Waals surface area contributed by atoms with Gasteiger partial charge in [0.05, 0.1) is 13.2 Å². The Morgan fingerprint density at radius 1 is 1.28 bits per heavy atom. The second-order valence-corrected chi connectivity index (χ2v) is 5.02. The van der Waals surface area contributed by atoms with Gasteiger partial charge in [0.25, 0.3) is 0 Å². The second kappa shape index (κ2) is 9.30. The molecule has 0 spiro atoms. The number of ether oxygens (including phenoxy) is 1. The molecule has 0 aromatic carbocycles. The van der Waals surface area contributed by atoms with Crippen molar-refractivity contribution in [3.63, 3.8) is 0 Å². The maximum atomic E-state index is 11.5. The minimum atomic E-state index is 0.144. The molecule has 0 aromatic heterocycles. The molecule has 1 amide bonds. The summed E-state index contributed by atoms with van der Waals surface area (Å²) in [6, 6.07) is 0.444. The zero-order chi connectivity index (χ0) is 13.2. The predicted octanol–water partition coefficient (Wildman–Crippen LogP) is 0.213. The minimum absolute atomic E-state index is 0.144. The molecule has 0 aromatic rings. The molecule has 0 aliphatic carbocycles. The van der Waals surface area contributed by atoms with E-state index in [2.05, 4.69) is 29.4 Å². The van der Waals surface area contributed by atoms with E-state index < -0.39 is 0 Å². The van der Waals surface area contributed by atoms with Gasteiger partial charge in [-0.05, 0) is 13.0 Å². The Kier molecular flexibility index (Phi) is 7.96. The van der Waals surface area contributed by atoms with Crippen LogP contribution in [-0.2, 0) is 9.53 Å². The molecule has 0 atom stereocenters. The smallest absolute Gasteiger partial charge is 0.221 e. The Morgan fingerprint density at radius 3 is 2.67 bits per heavy atom. The van der Waals surface area contributed by atoms with Crippen molar-refractivity contribution in [1.29, 1.82) is 0 Å². The first kappa shape index (κ1) is 15.4. The molecule has 106 valence electrons. The molecule has 0 bridgehead atoms. The van der Waals surface area contributed by atoms with Crippen LogP contribution in [0.1, 0.15) is 26.7 Å². The van der Waals surface area contributed by atoms with Crippen molar-refractivity contribution in [2.24, 2.45) is 0 Å². The monoisotopic (exact) mass is 257 g/mol. The van der Waals surface area contributed by atoms with E-state index >= 15 is 0 Å². The third-order valence-electron chi connectivity index (χ3n) is 2.98. The summed E-state index contributed by atoms with van der Waals surface area (Å²) in [4.78, 5) is 13.9. The van der Waals surface area contributed by atoms with Crippen molar-refractivity contribution in [2.45, 2.75) is 32.7 Å². The van der Waals surface area contributed by atoms with Crippen LogP contribution in [-0.4, -0.2) is 62.8 Å². The summed E-state index contributed by atoms with van der Waals surface area (Å²) in [6.45, 7) is 10.5. The first-order chi connectivity index (χ1) is 8.68. The molecule has 1 heterocycles. The quantitative estimate of drug-likeness (QED) is 0.611. The van der Waals surface area contributed by atoms with E-state index in [9.17, 15) is 4.79 Å². The summed E-state index contributed by atoms with van der Waals surface area (Å²) in [5.74, 6) is 0.144. The Morgan fingerprint density at radius 2 is 2.00 bits per heavy atom. The maximum Gasteiger partial charge on any atom is 0.221 e. The van der Waals surface area contributed by atoms with Gasteiger partial charge in [-0.3, -0.25) is 9.69 Å². The summed E-state index contributed by atoms with van der Waals surface area (Å²) < 4.78 is 5.29. The lowest BCUT2D eigenvalue weighted by Crippen LogP contribution is -2.38. The summed E-state index contributed by atoms with van der Waals surface area (Å²) >= 11 is 0. The number of nitrogens with one attached hydrogen (secondary N) is 2. The number of carbonyl (C=O) groups excluding carboxylic acids is 1. The predicted molar refractivity (Wildman–Crippen MR) is 72.6 cm³/mol. The van der Waals surface area contributed by atoms with Crippen molar-refractivity contribution in [1.82, 2.24) is 15.5 Å². The zero-order valence-corrected chi connectivity index (χ0v) is 11.7. The van der Waals surface area contributed by atoms with Gasteiger partial charge in [-0.1, -0.05) is 13.8 Å². The summed E-state index contributed by atoms with van der Waals surface area (Å²) in [5, 5.41) is 6.19. The molecule has 1 aliphatic heterocycles. The van der Waals surface area contributed by atoms with Gasteiger partial charge in [0.2, 0.25) is 5.91 Å². The van der Waals surface area contributed by atoms with E-state index in [-0.39, 0.29) is 5.91 Å². The molecule has 1 rings (SSSR count). The largest absolute Gasteiger partial charge is 0.379 e. The summed E-state index contributed by atoms with van der Waals surface area (Å²) in [7, 11) is 0.